The summed E-state index contributed by atoms with van der Waals surface area (Å²) in [5.74, 6) is 1.46. The molecule has 0 bridgehead atoms. The molecular weight excluding hydrogens is 246 g/mol. The van der Waals surface area contributed by atoms with Crippen LogP contribution < -0.4 is 14.8 Å². The molecule has 0 aliphatic carbocycles. The fraction of sp³-hybridized carbons (Fsp3) is 0.214. The predicted molar refractivity (Wildman–Crippen MR) is 67.4 cm³/mol. The molecule has 0 saturated carbocycles. The molecule has 5 heteroatoms. The normalized spacial score (nSPS) is 16.9. The zero-order valence-corrected chi connectivity index (χ0v) is 10.2. The molecule has 0 saturated heterocycles. The van der Waals surface area contributed by atoms with Crippen molar-refractivity contribution < 1.29 is 18.7 Å². The van der Waals surface area contributed by atoms with Crippen molar-refractivity contribution in [3.63, 3.8) is 0 Å². The zero-order valence-electron chi connectivity index (χ0n) is 10.2. The molecule has 1 atom stereocenters. The van der Waals surface area contributed by atoms with Crippen LogP contribution in [0.2, 0.25) is 0 Å². The molecule has 1 aromatic carbocycles. The van der Waals surface area contributed by atoms with Crippen molar-refractivity contribution in [2.75, 3.05) is 13.2 Å². The number of para-hydroxylation sites is 2. The fourth-order valence-electron chi connectivity index (χ4n) is 1.87. The summed E-state index contributed by atoms with van der Waals surface area (Å²) in [6, 6.07) is 10.8. The molecule has 1 N–H and O–H groups in total. The number of amides is 1. The van der Waals surface area contributed by atoms with E-state index in [-0.39, 0.29) is 17.8 Å². The van der Waals surface area contributed by atoms with Crippen molar-refractivity contribution in [3.8, 4) is 11.5 Å². The lowest BCUT2D eigenvalue weighted by Gasteiger charge is -2.26. The van der Waals surface area contributed by atoms with E-state index in [1.807, 2.05) is 24.3 Å². The Balaban J connectivity index is 1.57. The van der Waals surface area contributed by atoms with Gasteiger partial charge in [0.25, 0.3) is 5.91 Å². The highest BCUT2D eigenvalue weighted by atomic mass is 16.6. The van der Waals surface area contributed by atoms with Crippen LogP contribution in [0.15, 0.2) is 47.1 Å². The first-order valence-electron chi connectivity index (χ1n) is 6.03. The molecule has 19 heavy (non-hydrogen) atoms. The lowest BCUT2D eigenvalue weighted by atomic mass is 10.2. The van der Waals surface area contributed by atoms with Crippen molar-refractivity contribution in [1.82, 2.24) is 5.32 Å². The minimum Gasteiger partial charge on any atom is -0.486 e. The van der Waals surface area contributed by atoms with Crippen LogP contribution in [0.3, 0.4) is 0 Å². The highest BCUT2D eigenvalue weighted by molar-refractivity contribution is 5.91. The Kier molecular flexibility index (Phi) is 3.10. The SMILES string of the molecule is O=C(NC[C@@H]1COc2ccccc2O1)c1ccco1. The molecular formula is C14H13NO4. The summed E-state index contributed by atoms with van der Waals surface area (Å²) in [4.78, 5) is 11.7. The van der Waals surface area contributed by atoms with Gasteiger partial charge in [0, 0.05) is 0 Å². The minimum absolute atomic E-state index is 0.200. The fourth-order valence-corrected chi connectivity index (χ4v) is 1.87. The number of fused-ring (bicyclic) bond motifs is 1. The van der Waals surface area contributed by atoms with Crippen molar-refractivity contribution >= 4 is 5.91 Å². The first-order chi connectivity index (χ1) is 9.33. The van der Waals surface area contributed by atoms with E-state index in [4.69, 9.17) is 13.9 Å². The highest BCUT2D eigenvalue weighted by Crippen LogP contribution is 2.30. The molecule has 3 rings (SSSR count). The van der Waals surface area contributed by atoms with Crippen LogP contribution in [0.4, 0.5) is 0 Å². The average Bonchev–Trinajstić information content (AvgIpc) is 2.99. The van der Waals surface area contributed by atoms with Crippen LogP contribution in [0.5, 0.6) is 11.5 Å². The van der Waals surface area contributed by atoms with E-state index in [1.165, 1.54) is 6.26 Å². The van der Waals surface area contributed by atoms with Crippen LogP contribution in [0, 0.1) is 0 Å². The number of furan rings is 1. The lowest BCUT2D eigenvalue weighted by molar-refractivity contribution is 0.0773. The van der Waals surface area contributed by atoms with Gasteiger partial charge in [-0.3, -0.25) is 4.79 Å². The molecule has 98 valence electrons. The summed E-state index contributed by atoms with van der Waals surface area (Å²) in [6.07, 6.45) is 1.26. The predicted octanol–water partition coefficient (Wildman–Crippen LogP) is 1.85. The standard InChI is InChI=1S/C14H13NO4/c16-14(13-6-3-7-17-13)15-8-10-9-18-11-4-1-2-5-12(11)19-10/h1-7,10H,8-9H2,(H,15,16)/t10-/m1/s1. The Morgan fingerprint density at radius 1 is 1.21 bits per heavy atom. The molecule has 0 unspecified atom stereocenters. The van der Waals surface area contributed by atoms with E-state index < -0.39 is 0 Å². The van der Waals surface area contributed by atoms with Crippen LogP contribution in [-0.2, 0) is 0 Å². The number of carbonyl (C=O) groups excluding carboxylic acids is 1. The van der Waals surface area contributed by atoms with Crippen LogP contribution in [0.25, 0.3) is 0 Å². The van der Waals surface area contributed by atoms with Gasteiger partial charge in [0.05, 0.1) is 12.8 Å². The number of carbonyl (C=O) groups is 1. The Morgan fingerprint density at radius 2 is 2.05 bits per heavy atom. The summed E-state index contributed by atoms with van der Waals surface area (Å²) < 4.78 is 16.3. The second-order valence-electron chi connectivity index (χ2n) is 4.18. The summed E-state index contributed by atoms with van der Waals surface area (Å²) in [7, 11) is 0. The van der Waals surface area contributed by atoms with Crippen molar-refractivity contribution in [2.24, 2.45) is 0 Å². The molecule has 0 spiro atoms. The smallest absolute Gasteiger partial charge is 0.287 e. The topological polar surface area (TPSA) is 60.7 Å². The molecule has 1 aromatic heterocycles. The number of benzene rings is 1. The quantitative estimate of drug-likeness (QED) is 0.913. The summed E-state index contributed by atoms with van der Waals surface area (Å²) >= 11 is 0. The van der Waals surface area contributed by atoms with E-state index >= 15 is 0 Å². The van der Waals surface area contributed by atoms with Gasteiger partial charge in [-0.25, -0.2) is 0 Å². The molecule has 1 aliphatic rings. The molecule has 2 aromatic rings. The second-order valence-corrected chi connectivity index (χ2v) is 4.18. The van der Waals surface area contributed by atoms with Gasteiger partial charge in [-0.1, -0.05) is 12.1 Å². The van der Waals surface area contributed by atoms with Crippen molar-refractivity contribution in [2.45, 2.75) is 6.10 Å². The monoisotopic (exact) mass is 259 g/mol. The van der Waals surface area contributed by atoms with Crippen molar-refractivity contribution in [3.05, 3.63) is 48.4 Å². The van der Waals surface area contributed by atoms with Gasteiger partial charge in [0.15, 0.2) is 17.3 Å². The first kappa shape index (κ1) is 11.6. The van der Waals surface area contributed by atoms with Gasteiger partial charge in [-0.15, -0.1) is 0 Å². The number of hydrogen-bond acceptors (Lipinski definition) is 4. The maximum absolute atomic E-state index is 11.7. The highest BCUT2D eigenvalue weighted by Gasteiger charge is 2.21. The Morgan fingerprint density at radius 3 is 2.84 bits per heavy atom. The first-order valence-corrected chi connectivity index (χ1v) is 6.03. The Labute approximate surface area is 110 Å². The second kappa shape index (κ2) is 5.06. The van der Waals surface area contributed by atoms with Crippen LogP contribution in [-0.4, -0.2) is 25.2 Å². The molecule has 2 heterocycles. The third kappa shape index (κ3) is 2.54. The van der Waals surface area contributed by atoms with Gasteiger partial charge in [-0.05, 0) is 24.3 Å². The number of rotatable bonds is 3. The molecule has 0 radical (unpaired) electrons. The molecule has 0 fully saturated rings. The summed E-state index contributed by atoms with van der Waals surface area (Å²) in [5, 5.41) is 2.75. The number of hydrogen-bond donors (Lipinski definition) is 1. The van der Waals surface area contributed by atoms with E-state index in [0.717, 1.165) is 5.75 Å². The van der Waals surface area contributed by atoms with E-state index in [1.54, 1.807) is 12.1 Å². The minimum atomic E-state index is -0.257. The Bertz CT molecular complexity index is 565. The van der Waals surface area contributed by atoms with E-state index in [2.05, 4.69) is 5.32 Å². The molecule has 1 amide bonds. The van der Waals surface area contributed by atoms with Crippen molar-refractivity contribution in [1.29, 1.82) is 0 Å². The third-order valence-electron chi connectivity index (χ3n) is 2.80. The van der Waals surface area contributed by atoms with Gasteiger partial charge >= 0.3 is 0 Å². The van der Waals surface area contributed by atoms with E-state index in [0.29, 0.717) is 18.9 Å². The van der Waals surface area contributed by atoms with Gasteiger partial charge in [0.2, 0.25) is 0 Å². The zero-order chi connectivity index (χ0) is 13.1. The molecule has 1 aliphatic heterocycles. The number of nitrogens with one attached hydrogen (secondary N) is 1. The summed E-state index contributed by atoms with van der Waals surface area (Å²) in [6.45, 7) is 0.781. The third-order valence-corrected chi connectivity index (χ3v) is 2.80. The maximum Gasteiger partial charge on any atom is 0.287 e. The van der Waals surface area contributed by atoms with Gasteiger partial charge in [-0.2, -0.15) is 0 Å². The van der Waals surface area contributed by atoms with Crippen LogP contribution >= 0.6 is 0 Å². The van der Waals surface area contributed by atoms with Gasteiger partial charge < -0.3 is 19.2 Å². The maximum atomic E-state index is 11.7. The van der Waals surface area contributed by atoms with Gasteiger partial charge in [0.1, 0.15) is 12.7 Å². The average molecular weight is 259 g/mol. The Hall–Kier alpha value is -2.43. The number of ether oxygens (including phenoxy) is 2. The van der Waals surface area contributed by atoms with Crippen LogP contribution in [0.1, 0.15) is 10.6 Å². The molecule has 5 nitrogen and oxygen atoms in total. The van der Waals surface area contributed by atoms with E-state index in [9.17, 15) is 4.79 Å². The summed E-state index contributed by atoms with van der Waals surface area (Å²) in [5.41, 5.74) is 0. The lowest BCUT2D eigenvalue weighted by Crippen LogP contribution is -2.40. The largest absolute Gasteiger partial charge is 0.486 e.